The third kappa shape index (κ3) is 3.87. The first-order chi connectivity index (χ1) is 11.8. The highest BCUT2D eigenvalue weighted by Gasteiger charge is 2.29. The lowest BCUT2D eigenvalue weighted by Crippen LogP contribution is -2.42. The van der Waals surface area contributed by atoms with Gasteiger partial charge in [0, 0.05) is 12.3 Å². The second kappa shape index (κ2) is 6.42. The topological polar surface area (TPSA) is 71.5 Å². The molecule has 130 valence electrons. The van der Waals surface area contributed by atoms with Crippen molar-refractivity contribution in [1.29, 1.82) is 0 Å². The molecule has 0 saturated heterocycles. The molecular weight excluding hydrogens is 339 g/mol. The van der Waals surface area contributed by atoms with Crippen LogP contribution in [0.5, 0.6) is 5.88 Å². The minimum absolute atomic E-state index is 0.129. The van der Waals surface area contributed by atoms with E-state index in [-0.39, 0.29) is 23.9 Å². The summed E-state index contributed by atoms with van der Waals surface area (Å²) < 4.78 is 40.9. The number of pyridine rings is 1. The Morgan fingerprint density at radius 3 is 2.68 bits per heavy atom. The molecule has 1 aromatic carbocycles. The second-order valence-corrected chi connectivity index (χ2v) is 5.25. The maximum atomic E-state index is 12.6. The number of nitrogens with zero attached hydrogens (tertiary/aromatic N) is 2. The summed E-state index contributed by atoms with van der Waals surface area (Å²) in [6, 6.07) is 9.27. The number of rotatable bonds is 3. The third-order valence-electron chi connectivity index (χ3n) is 3.38. The van der Waals surface area contributed by atoms with E-state index < -0.39 is 18.7 Å². The van der Waals surface area contributed by atoms with E-state index in [1.807, 2.05) is 0 Å². The standard InChI is InChI=1S/C16H12F3N3O3/c17-16(18,19)9-25-14-6-5-10(7-20-14)15(24)22-8-13(23)21-11-3-1-2-4-12(11)22/h1-7H,8-9H2,(H,21,23). The molecule has 0 spiro atoms. The van der Waals surface area contributed by atoms with Crippen molar-refractivity contribution in [2.45, 2.75) is 6.18 Å². The van der Waals surface area contributed by atoms with E-state index in [0.29, 0.717) is 11.4 Å². The summed E-state index contributed by atoms with van der Waals surface area (Å²) >= 11 is 0. The molecule has 0 radical (unpaired) electrons. The quantitative estimate of drug-likeness (QED) is 0.923. The van der Waals surface area contributed by atoms with Crippen molar-refractivity contribution in [2.24, 2.45) is 0 Å². The molecule has 1 aromatic heterocycles. The monoisotopic (exact) mass is 351 g/mol. The molecule has 0 aliphatic carbocycles. The van der Waals surface area contributed by atoms with E-state index in [4.69, 9.17) is 0 Å². The first kappa shape index (κ1) is 16.7. The maximum Gasteiger partial charge on any atom is 0.422 e. The summed E-state index contributed by atoms with van der Waals surface area (Å²) in [5.41, 5.74) is 1.17. The zero-order valence-corrected chi connectivity index (χ0v) is 12.7. The van der Waals surface area contributed by atoms with Crippen molar-refractivity contribution >= 4 is 23.2 Å². The Kier molecular flexibility index (Phi) is 4.30. The number of ether oxygens (including phenoxy) is 1. The Labute approximate surface area is 140 Å². The van der Waals surface area contributed by atoms with Gasteiger partial charge in [-0.25, -0.2) is 4.98 Å². The van der Waals surface area contributed by atoms with Gasteiger partial charge in [0.15, 0.2) is 6.61 Å². The smallest absolute Gasteiger partial charge is 0.422 e. The van der Waals surface area contributed by atoms with Crippen LogP contribution in [-0.4, -0.2) is 36.1 Å². The summed E-state index contributed by atoms with van der Waals surface area (Å²) in [5.74, 6) is -1.08. The summed E-state index contributed by atoms with van der Waals surface area (Å²) in [4.78, 5) is 29.4. The van der Waals surface area contributed by atoms with Crippen molar-refractivity contribution in [3.05, 3.63) is 48.2 Å². The highest BCUT2D eigenvalue weighted by molar-refractivity contribution is 6.15. The van der Waals surface area contributed by atoms with Gasteiger partial charge in [0.1, 0.15) is 6.54 Å². The number of para-hydroxylation sites is 2. The van der Waals surface area contributed by atoms with E-state index in [0.717, 1.165) is 6.20 Å². The fourth-order valence-corrected chi connectivity index (χ4v) is 2.32. The average Bonchev–Trinajstić information content (AvgIpc) is 2.58. The molecule has 0 saturated carbocycles. The summed E-state index contributed by atoms with van der Waals surface area (Å²) in [6.45, 7) is -1.63. The van der Waals surface area contributed by atoms with E-state index in [1.54, 1.807) is 24.3 Å². The minimum Gasteiger partial charge on any atom is -0.468 e. The van der Waals surface area contributed by atoms with Crippen LogP contribution < -0.4 is 15.0 Å². The second-order valence-electron chi connectivity index (χ2n) is 5.25. The molecule has 1 aliphatic heterocycles. The van der Waals surface area contributed by atoms with Gasteiger partial charge in [0.05, 0.1) is 16.9 Å². The molecule has 25 heavy (non-hydrogen) atoms. The molecule has 0 unspecified atom stereocenters. The molecule has 1 aliphatic rings. The number of nitrogens with one attached hydrogen (secondary N) is 1. The van der Waals surface area contributed by atoms with E-state index in [9.17, 15) is 22.8 Å². The van der Waals surface area contributed by atoms with Gasteiger partial charge in [-0.1, -0.05) is 12.1 Å². The number of fused-ring (bicyclic) bond motifs is 1. The molecule has 6 nitrogen and oxygen atoms in total. The zero-order valence-electron chi connectivity index (χ0n) is 12.7. The Hall–Kier alpha value is -3.10. The molecule has 2 heterocycles. The first-order valence-corrected chi connectivity index (χ1v) is 7.20. The van der Waals surface area contributed by atoms with Gasteiger partial charge in [-0.2, -0.15) is 13.2 Å². The van der Waals surface area contributed by atoms with Crippen LogP contribution in [0.1, 0.15) is 10.4 Å². The van der Waals surface area contributed by atoms with Crippen LogP contribution in [0.15, 0.2) is 42.6 Å². The number of benzene rings is 1. The minimum atomic E-state index is -4.47. The number of amides is 2. The highest BCUT2D eigenvalue weighted by Crippen LogP contribution is 2.30. The van der Waals surface area contributed by atoms with Crippen LogP contribution >= 0.6 is 0 Å². The zero-order chi connectivity index (χ0) is 18.0. The Bertz CT molecular complexity index is 806. The van der Waals surface area contributed by atoms with Crippen molar-refractivity contribution < 1.29 is 27.5 Å². The number of carbonyl (C=O) groups excluding carboxylic acids is 2. The maximum absolute atomic E-state index is 12.6. The lowest BCUT2D eigenvalue weighted by atomic mass is 10.1. The van der Waals surface area contributed by atoms with Crippen LogP contribution in [0.3, 0.4) is 0 Å². The van der Waals surface area contributed by atoms with Gasteiger partial charge in [-0.3, -0.25) is 14.5 Å². The highest BCUT2D eigenvalue weighted by atomic mass is 19.4. The van der Waals surface area contributed by atoms with Gasteiger partial charge in [0.2, 0.25) is 11.8 Å². The normalized spacial score (nSPS) is 13.9. The lowest BCUT2D eigenvalue weighted by Gasteiger charge is -2.29. The molecule has 1 N–H and O–H groups in total. The van der Waals surface area contributed by atoms with Gasteiger partial charge in [-0.15, -0.1) is 0 Å². The molecule has 0 fully saturated rings. The number of hydrogen-bond donors (Lipinski definition) is 1. The fraction of sp³-hybridized carbons (Fsp3) is 0.188. The summed E-state index contributed by atoms with van der Waals surface area (Å²) in [6.07, 6.45) is -3.36. The van der Waals surface area contributed by atoms with Crippen molar-refractivity contribution in [3.63, 3.8) is 0 Å². The Morgan fingerprint density at radius 1 is 1.24 bits per heavy atom. The molecule has 2 amide bonds. The number of carbonyl (C=O) groups is 2. The van der Waals surface area contributed by atoms with Crippen molar-refractivity contribution in [1.82, 2.24) is 4.98 Å². The molecule has 0 bridgehead atoms. The van der Waals surface area contributed by atoms with Gasteiger partial charge in [-0.05, 0) is 18.2 Å². The molecule has 0 atom stereocenters. The average molecular weight is 351 g/mol. The van der Waals surface area contributed by atoms with Crippen LogP contribution in [0.2, 0.25) is 0 Å². The molecular formula is C16H12F3N3O3. The van der Waals surface area contributed by atoms with E-state index in [2.05, 4.69) is 15.0 Å². The summed E-state index contributed by atoms with van der Waals surface area (Å²) in [7, 11) is 0. The molecule has 3 rings (SSSR count). The van der Waals surface area contributed by atoms with Crippen molar-refractivity contribution in [2.75, 3.05) is 23.4 Å². The number of hydrogen-bond acceptors (Lipinski definition) is 4. The van der Waals surface area contributed by atoms with Crippen LogP contribution in [0.4, 0.5) is 24.5 Å². The van der Waals surface area contributed by atoms with Crippen LogP contribution in [0, 0.1) is 0 Å². The predicted molar refractivity (Wildman–Crippen MR) is 82.5 cm³/mol. The Balaban J connectivity index is 1.78. The number of anilines is 2. The fourth-order valence-electron chi connectivity index (χ4n) is 2.32. The van der Waals surface area contributed by atoms with E-state index in [1.165, 1.54) is 17.0 Å². The van der Waals surface area contributed by atoms with Crippen LogP contribution in [0.25, 0.3) is 0 Å². The SMILES string of the molecule is O=C1CN(C(=O)c2ccc(OCC(F)(F)F)nc2)c2ccccc2N1. The van der Waals surface area contributed by atoms with Gasteiger partial charge in [0.25, 0.3) is 5.91 Å². The predicted octanol–water partition coefficient (Wildman–Crippen LogP) is 2.62. The lowest BCUT2D eigenvalue weighted by molar-refractivity contribution is -0.154. The largest absolute Gasteiger partial charge is 0.468 e. The number of halogens is 3. The third-order valence-corrected chi connectivity index (χ3v) is 3.38. The first-order valence-electron chi connectivity index (χ1n) is 7.20. The van der Waals surface area contributed by atoms with Crippen LogP contribution in [-0.2, 0) is 4.79 Å². The van der Waals surface area contributed by atoms with Crippen molar-refractivity contribution in [3.8, 4) is 5.88 Å². The summed E-state index contributed by atoms with van der Waals surface area (Å²) in [5, 5.41) is 2.66. The number of alkyl halides is 3. The van der Waals surface area contributed by atoms with Gasteiger partial charge >= 0.3 is 6.18 Å². The van der Waals surface area contributed by atoms with Gasteiger partial charge < -0.3 is 10.1 Å². The molecule has 2 aromatic rings. The number of aromatic nitrogens is 1. The Morgan fingerprint density at radius 2 is 2.00 bits per heavy atom. The molecule has 9 heteroatoms. The van der Waals surface area contributed by atoms with E-state index >= 15 is 0 Å².